The third-order valence-corrected chi connectivity index (χ3v) is 4.54. The van der Waals surface area contributed by atoms with Crippen molar-refractivity contribution in [1.82, 2.24) is 0 Å². The topological polar surface area (TPSA) is 70.5 Å². The van der Waals surface area contributed by atoms with Gasteiger partial charge in [0.15, 0.2) is 23.1 Å². The van der Waals surface area contributed by atoms with Crippen LogP contribution in [0.5, 0.6) is 23.0 Å². The maximum Gasteiger partial charge on any atom is 0.422 e. The highest BCUT2D eigenvalue weighted by atomic mass is 19.4. The van der Waals surface area contributed by atoms with Gasteiger partial charge in [-0.15, -0.1) is 0 Å². The lowest BCUT2D eigenvalue weighted by molar-refractivity contribution is -0.140. The van der Waals surface area contributed by atoms with Crippen molar-refractivity contribution < 1.29 is 57.8 Å². The molecule has 0 heterocycles. The molecule has 4 nitrogen and oxygen atoms in total. The summed E-state index contributed by atoms with van der Waals surface area (Å²) in [6.07, 6.45) is -15.9. The summed E-state index contributed by atoms with van der Waals surface area (Å²) in [6.45, 7) is 0. The van der Waals surface area contributed by atoms with Gasteiger partial charge in [-0.1, -0.05) is 0 Å². The van der Waals surface area contributed by atoms with Gasteiger partial charge in [0.25, 0.3) is 0 Å². The lowest BCUT2D eigenvalue weighted by Gasteiger charge is -2.20. The Labute approximate surface area is 193 Å². The van der Waals surface area contributed by atoms with Crippen LogP contribution in [-0.4, -0.2) is 0 Å². The monoisotopic (exact) mass is 532 g/mol. The quantitative estimate of drug-likeness (QED) is 0.266. The van der Waals surface area contributed by atoms with Crippen LogP contribution in [0.25, 0.3) is 0 Å². The van der Waals surface area contributed by atoms with Gasteiger partial charge in [0, 0.05) is 17.4 Å². The summed E-state index contributed by atoms with van der Waals surface area (Å²) in [5, 5.41) is 0. The van der Waals surface area contributed by atoms with E-state index in [-0.39, 0.29) is 12.1 Å². The Balaban J connectivity index is 2.19. The smallest absolute Gasteiger partial charge is 0.422 e. The van der Waals surface area contributed by atoms with Crippen LogP contribution in [0.4, 0.5) is 59.7 Å². The van der Waals surface area contributed by atoms with E-state index in [9.17, 15) is 48.3 Å². The van der Waals surface area contributed by atoms with E-state index in [1.165, 1.54) is 0 Å². The van der Waals surface area contributed by atoms with Gasteiger partial charge in [-0.25, -0.2) is 8.78 Å². The van der Waals surface area contributed by atoms with Gasteiger partial charge in [0.1, 0.15) is 22.6 Å². The largest absolute Gasteiger partial charge is 0.453 e. The molecule has 0 aliphatic rings. The number of anilines is 2. The van der Waals surface area contributed by atoms with Gasteiger partial charge in [0.2, 0.25) is 0 Å². The van der Waals surface area contributed by atoms with Crippen LogP contribution < -0.4 is 20.9 Å². The van der Waals surface area contributed by atoms with Gasteiger partial charge in [-0.2, -0.15) is 39.5 Å². The molecular formula is C21H11F11N2O2. The molecule has 0 radical (unpaired) electrons. The molecule has 0 bridgehead atoms. The van der Waals surface area contributed by atoms with Gasteiger partial charge in [-0.3, -0.25) is 0 Å². The molecule has 3 rings (SSSR count). The fraction of sp³-hybridized carbons (Fsp3) is 0.143. The van der Waals surface area contributed by atoms with E-state index in [4.69, 9.17) is 16.2 Å². The summed E-state index contributed by atoms with van der Waals surface area (Å²) in [6, 6.07) is 2.75. The van der Waals surface area contributed by atoms with Gasteiger partial charge >= 0.3 is 18.5 Å². The Morgan fingerprint density at radius 1 is 0.556 bits per heavy atom. The molecule has 0 unspecified atom stereocenters. The minimum Gasteiger partial charge on any atom is -0.453 e. The molecule has 0 fully saturated rings. The molecular weight excluding hydrogens is 521 g/mol. The molecule has 0 saturated heterocycles. The highest BCUT2D eigenvalue weighted by molar-refractivity contribution is 5.60. The van der Waals surface area contributed by atoms with Crippen molar-refractivity contribution in [3.63, 3.8) is 0 Å². The minimum absolute atomic E-state index is 0.166. The zero-order valence-corrected chi connectivity index (χ0v) is 17.2. The summed E-state index contributed by atoms with van der Waals surface area (Å²) in [4.78, 5) is 0. The molecule has 0 aliphatic heterocycles. The Bertz CT molecular complexity index is 1300. The van der Waals surface area contributed by atoms with Gasteiger partial charge in [-0.05, 0) is 36.4 Å². The fourth-order valence-electron chi connectivity index (χ4n) is 3.04. The SMILES string of the molecule is Nc1ccc(F)c(Oc2ccc(C(F)(F)F)c(Oc3c(F)ccc(N)c3C(F)(F)F)c2)c1C(F)(F)F. The minimum atomic E-state index is -5.37. The molecule has 0 aliphatic carbocycles. The zero-order chi connectivity index (χ0) is 27.2. The van der Waals surface area contributed by atoms with Gasteiger partial charge in [0.05, 0.1) is 5.56 Å². The molecule has 0 atom stereocenters. The van der Waals surface area contributed by atoms with Crippen molar-refractivity contribution in [2.24, 2.45) is 0 Å². The maximum absolute atomic E-state index is 14.2. The van der Waals surface area contributed by atoms with Crippen molar-refractivity contribution in [1.29, 1.82) is 0 Å². The van der Waals surface area contributed by atoms with Crippen molar-refractivity contribution in [2.45, 2.75) is 18.5 Å². The number of hydrogen-bond donors (Lipinski definition) is 2. The number of benzene rings is 3. The number of nitrogen functional groups attached to an aromatic ring is 2. The van der Waals surface area contributed by atoms with E-state index in [0.29, 0.717) is 30.3 Å². The molecule has 3 aromatic carbocycles. The number of halogens is 11. The third-order valence-electron chi connectivity index (χ3n) is 4.54. The molecule has 0 amide bonds. The van der Waals surface area contributed by atoms with Crippen molar-refractivity contribution >= 4 is 11.4 Å². The zero-order valence-electron chi connectivity index (χ0n) is 17.2. The van der Waals surface area contributed by atoms with E-state index < -0.39 is 81.2 Å². The lowest BCUT2D eigenvalue weighted by Crippen LogP contribution is -2.14. The molecule has 36 heavy (non-hydrogen) atoms. The van der Waals surface area contributed by atoms with Crippen LogP contribution in [-0.2, 0) is 18.5 Å². The van der Waals surface area contributed by atoms with Crippen LogP contribution in [0.2, 0.25) is 0 Å². The fourth-order valence-corrected chi connectivity index (χ4v) is 3.04. The number of rotatable bonds is 4. The average molecular weight is 532 g/mol. The summed E-state index contributed by atoms with van der Waals surface area (Å²) in [5.41, 5.74) is 2.86. The Hall–Kier alpha value is -3.91. The van der Waals surface area contributed by atoms with Crippen LogP contribution >= 0.6 is 0 Å². The highest BCUT2D eigenvalue weighted by Crippen LogP contribution is 2.48. The first-order chi connectivity index (χ1) is 16.4. The number of alkyl halides is 9. The van der Waals surface area contributed by atoms with Crippen LogP contribution in [0.15, 0.2) is 42.5 Å². The normalized spacial score (nSPS) is 12.5. The van der Waals surface area contributed by atoms with Crippen molar-refractivity contribution in [3.8, 4) is 23.0 Å². The predicted molar refractivity (Wildman–Crippen MR) is 103 cm³/mol. The molecule has 0 aromatic heterocycles. The third kappa shape index (κ3) is 5.33. The number of nitrogens with two attached hydrogens (primary N) is 2. The van der Waals surface area contributed by atoms with E-state index in [2.05, 4.69) is 4.74 Å². The Morgan fingerprint density at radius 3 is 1.42 bits per heavy atom. The van der Waals surface area contributed by atoms with E-state index in [1.807, 2.05) is 0 Å². The molecule has 4 N–H and O–H groups in total. The van der Waals surface area contributed by atoms with Crippen LogP contribution in [0.3, 0.4) is 0 Å². The lowest BCUT2D eigenvalue weighted by atomic mass is 10.1. The van der Waals surface area contributed by atoms with Gasteiger partial charge < -0.3 is 20.9 Å². The van der Waals surface area contributed by atoms with E-state index >= 15 is 0 Å². The molecule has 194 valence electrons. The highest BCUT2D eigenvalue weighted by Gasteiger charge is 2.41. The second-order valence-corrected chi connectivity index (χ2v) is 7.04. The molecule has 3 aromatic rings. The first-order valence-electron chi connectivity index (χ1n) is 9.28. The average Bonchev–Trinajstić information content (AvgIpc) is 2.71. The summed E-state index contributed by atoms with van der Waals surface area (Å²) < 4.78 is 158. The van der Waals surface area contributed by atoms with Crippen LogP contribution in [0.1, 0.15) is 16.7 Å². The Kier molecular flexibility index (Phi) is 6.63. The van der Waals surface area contributed by atoms with E-state index in [0.717, 1.165) is 0 Å². The standard InChI is InChI=1S/C21H11F11N2O2/c22-10-3-5-12(33)15(20(27,28)29)17(10)35-8-1-2-9(19(24,25)26)14(7-8)36-18-11(23)4-6-13(34)16(18)21(30,31)32/h1-7H,33-34H2. The number of hydrogen-bond acceptors (Lipinski definition) is 4. The summed E-state index contributed by atoms with van der Waals surface area (Å²) >= 11 is 0. The first-order valence-corrected chi connectivity index (χ1v) is 9.28. The van der Waals surface area contributed by atoms with Crippen molar-refractivity contribution in [3.05, 3.63) is 70.8 Å². The predicted octanol–water partition coefficient (Wildman–Crippen LogP) is 7.77. The molecule has 0 saturated carbocycles. The summed E-state index contributed by atoms with van der Waals surface area (Å²) in [7, 11) is 0. The second kappa shape index (κ2) is 8.95. The maximum atomic E-state index is 14.2. The number of ether oxygens (including phenoxy) is 2. The van der Waals surface area contributed by atoms with Crippen LogP contribution in [0, 0.1) is 11.6 Å². The first kappa shape index (κ1) is 26.7. The Morgan fingerprint density at radius 2 is 1.00 bits per heavy atom. The summed E-state index contributed by atoms with van der Waals surface area (Å²) in [5.74, 6) is -9.08. The van der Waals surface area contributed by atoms with E-state index in [1.54, 1.807) is 0 Å². The molecule has 0 spiro atoms. The molecule has 15 heteroatoms. The van der Waals surface area contributed by atoms with Crippen molar-refractivity contribution in [2.75, 3.05) is 11.5 Å². The second-order valence-electron chi connectivity index (χ2n) is 7.04.